The lowest BCUT2D eigenvalue weighted by molar-refractivity contribution is 0.0831. The fraction of sp³-hybridized carbons (Fsp3) is 0.519. The minimum absolute atomic E-state index is 0.00711. The second-order valence-corrected chi connectivity index (χ2v) is 11.3. The van der Waals surface area contributed by atoms with E-state index in [4.69, 9.17) is 5.84 Å². The van der Waals surface area contributed by atoms with Crippen LogP contribution in [0.4, 0.5) is 21.7 Å². The number of rotatable bonds is 5. The van der Waals surface area contributed by atoms with Crippen LogP contribution in [0.25, 0.3) is 10.1 Å². The summed E-state index contributed by atoms with van der Waals surface area (Å²) in [5, 5.41) is 5.62. The fourth-order valence-electron chi connectivity index (χ4n) is 5.44. The minimum atomic E-state index is -0.487. The van der Waals surface area contributed by atoms with E-state index in [9.17, 15) is 4.79 Å². The van der Waals surface area contributed by atoms with Crippen molar-refractivity contribution in [3.8, 4) is 0 Å². The van der Waals surface area contributed by atoms with Crippen LogP contribution < -0.4 is 21.1 Å². The lowest BCUT2D eigenvalue weighted by Gasteiger charge is -2.25. The van der Waals surface area contributed by atoms with Gasteiger partial charge in [-0.25, -0.2) is 25.2 Å². The Morgan fingerprint density at radius 2 is 1.89 bits per heavy atom. The molecule has 5 rings (SSSR count). The van der Waals surface area contributed by atoms with Crippen LogP contribution >= 0.6 is 11.3 Å². The van der Waals surface area contributed by atoms with Gasteiger partial charge in [0.1, 0.15) is 5.82 Å². The quantitative estimate of drug-likeness (QED) is 0.366. The number of anilines is 3. The zero-order chi connectivity index (χ0) is 25.9. The number of carbonyl (C=O) groups excluding carboxylic acids is 1. The molecule has 3 aromatic rings. The summed E-state index contributed by atoms with van der Waals surface area (Å²) in [7, 11) is 3.56. The first-order chi connectivity index (χ1) is 17.9. The van der Waals surface area contributed by atoms with E-state index < -0.39 is 5.82 Å². The summed E-state index contributed by atoms with van der Waals surface area (Å²) in [4.78, 5) is 26.5. The number of hydrogen-bond donors (Lipinski definition) is 2. The molecule has 198 valence electrons. The van der Waals surface area contributed by atoms with Gasteiger partial charge in [0.25, 0.3) is 5.91 Å². The lowest BCUT2D eigenvalue weighted by Crippen LogP contribution is -2.32. The molecule has 0 atom stereocenters. The molecule has 4 heterocycles. The predicted octanol–water partition coefficient (Wildman–Crippen LogP) is 4.78. The highest BCUT2D eigenvalue weighted by Gasteiger charge is 2.29. The van der Waals surface area contributed by atoms with E-state index in [1.165, 1.54) is 22.4 Å². The number of amides is 1. The number of hydrazine groups is 1. The molecule has 1 aliphatic carbocycles. The van der Waals surface area contributed by atoms with Crippen LogP contribution in [0.3, 0.4) is 0 Å². The van der Waals surface area contributed by atoms with E-state index in [2.05, 4.69) is 20.2 Å². The van der Waals surface area contributed by atoms with Gasteiger partial charge in [0, 0.05) is 51.4 Å². The molecular formula is C27H36FN7OS. The summed E-state index contributed by atoms with van der Waals surface area (Å²) in [5.41, 5.74) is 1.84. The Balaban J connectivity index is 1.46. The molecule has 10 heteroatoms. The highest BCUT2D eigenvalue weighted by Crippen LogP contribution is 2.44. The molecular weight excluding hydrogens is 489 g/mol. The van der Waals surface area contributed by atoms with Crippen molar-refractivity contribution in [2.75, 3.05) is 50.2 Å². The maximum Gasteiger partial charge on any atom is 0.263 e. The maximum absolute atomic E-state index is 15.3. The summed E-state index contributed by atoms with van der Waals surface area (Å²) in [6.07, 6.45) is 11.3. The van der Waals surface area contributed by atoms with Gasteiger partial charge in [-0.05, 0) is 49.8 Å². The Morgan fingerprint density at radius 1 is 1.08 bits per heavy atom. The van der Waals surface area contributed by atoms with Crippen LogP contribution in [0, 0.1) is 5.82 Å². The van der Waals surface area contributed by atoms with Crippen molar-refractivity contribution >= 4 is 44.7 Å². The second-order valence-electron chi connectivity index (χ2n) is 10.2. The van der Waals surface area contributed by atoms with Crippen LogP contribution in [-0.4, -0.2) is 61.0 Å². The van der Waals surface area contributed by atoms with Crippen molar-refractivity contribution in [2.24, 2.45) is 5.84 Å². The molecule has 0 spiro atoms. The third-order valence-electron chi connectivity index (χ3n) is 7.45. The molecule has 3 N–H and O–H groups in total. The van der Waals surface area contributed by atoms with Gasteiger partial charge in [0.2, 0.25) is 0 Å². The van der Waals surface area contributed by atoms with Gasteiger partial charge in [-0.2, -0.15) is 0 Å². The van der Waals surface area contributed by atoms with Gasteiger partial charge in [-0.15, -0.1) is 11.3 Å². The van der Waals surface area contributed by atoms with Crippen LogP contribution in [0.2, 0.25) is 0 Å². The largest absolute Gasteiger partial charge is 0.369 e. The van der Waals surface area contributed by atoms with E-state index in [1.807, 2.05) is 6.07 Å². The molecule has 1 saturated heterocycles. The number of halogens is 1. The van der Waals surface area contributed by atoms with Crippen LogP contribution in [0.15, 0.2) is 24.5 Å². The Labute approximate surface area is 221 Å². The number of pyridine rings is 2. The van der Waals surface area contributed by atoms with Crippen LogP contribution in [0.1, 0.15) is 66.1 Å². The molecule has 1 aliphatic heterocycles. The highest BCUT2D eigenvalue weighted by atomic mass is 32.1. The molecule has 2 fully saturated rings. The van der Waals surface area contributed by atoms with Crippen molar-refractivity contribution in [2.45, 2.75) is 50.9 Å². The third-order valence-corrected chi connectivity index (χ3v) is 8.60. The van der Waals surface area contributed by atoms with E-state index in [-0.39, 0.29) is 11.7 Å². The van der Waals surface area contributed by atoms with Crippen molar-refractivity contribution in [3.63, 3.8) is 0 Å². The number of nitrogens with one attached hydrogen (secondary N) is 1. The normalized spacial score (nSPS) is 17.5. The topological polar surface area (TPSA) is 90.6 Å². The highest BCUT2D eigenvalue weighted by molar-refractivity contribution is 7.21. The predicted molar refractivity (Wildman–Crippen MR) is 148 cm³/mol. The lowest BCUT2D eigenvalue weighted by atomic mass is 9.94. The number of fused-ring (bicyclic) bond motifs is 1. The summed E-state index contributed by atoms with van der Waals surface area (Å²) in [6.45, 7) is 3.57. The zero-order valence-electron chi connectivity index (χ0n) is 21.7. The molecule has 1 amide bonds. The standard InChI is InChI=1S/C27H36FN7OS/c1-33(2)27(36)25-24(18-8-4-5-9-18)20-15-23(31-17-22(20)37-25)35(29)26-21(28)14-19(16-32-26)34-12-7-3-6-10-30-11-13-34/h14-18,30H,3-13,29H2,1-2H3. The van der Waals surface area contributed by atoms with Gasteiger partial charge >= 0.3 is 0 Å². The SMILES string of the molecule is CN(C)C(=O)c1sc2cnc(N(N)c3ncc(N4CCCCCNCC4)cc3F)cc2c1C1CCCC1. The first kappa shape index (κ1) is 25.8. The molecule has 8 nitrogen and oxygen atoms in total. The van der Waals surface area contributed by atoms with E-state index in [1.54, 1.807) is 31.4 Å². The van der Waals surface area contributed by atoms with E-state index in [0.29, 0.717) is 11.7 Å². The smallest absolute Gasteiger partial charge is 0.263 e. The third kappa shape index (κ3) is 5.42. The van der Waals surface area contributed by atoms with Gasteiger partial charge in [-0.1, -0.05) is 19.3 Å². The minimum Gasteiger partial charge on any atom is -0.369 e. The second kappa shape index (κ2) is 11.3. The number of aromatic nitrogens is 2. The molecule has 2 aliphatic rings. The summed E-state index contributed by atoms with van der Waals surface area (Å²) in [5.74, 6) is 6.68. The van der Waals surface area contributed by atoms with Gasteiger partial charge in [-0.3, -0.25) is 4.79 Å². The summed E-state index contributed by atoms with van der Waals surface area (Å²) >= 11 is 1.48. The number of thiophene rings is 1. The first-order valence-electron chi connectivity index (χ1n) is 13.2. The van der Waals surface area contributed by atoms with Gasteiger partial charge in [0.05, 0.1) is 21.5 Å². The summed E-state index contributed by atoms with van der Waals surface area (Å²) < 4.78 is 16.3. The first-order valence-corrected chi connectivity index (χ1v) is 14.1. The van der Waals surface area contributed by atoms with Crippen LogP contribution in [0.5, 0.6) is 0 Å². The number of nitrogens with zero attached hydrogens (tertiary/aromatic N) is 5. The van der Waals surface area contributed by atoms with E-state index >= 15 is 4.39 Å². The van der Waals surface area contributed by atoms with Crippen molar-refractivity contribution in [1.82, 2.24) is 20.2 Å². The molecule has 3 aromatic heterocycles. The molecule has 37 heavy (non-hydrogen) atoms. The van der Waals surface area contributed by atoms with Crippen LogP contribution in [-0.2, 0) is 0 Å². The van der Waals surface area contributed by atoms with Crippen molar-refractivity contribution in [1.29, 1.82) is 0 Å². The number of carbonyl (C=O) groups is 1. The average molecular weight is 526 g/mol. The van der Waals surface area contributed by atoms with Crippen molar-refractivity contribution in [3.05, 3.63) is 40.8 Å². The molecule has 0 aromatic carbocycles. The molecule has 1 saturated carbocycles. The Hall–Kier alpha value is -2.82. The number of nitrogens with two attached hydrogens (primary N) is 1. The van der Waals surface area contributed by atoms with E-state index in [0.717, 1.165) is 97.3 Å². The Kier molecular flexibility index (Phi) is 7.87. The molecule has 0 unspecified atom stereocenters. The zero-order valence-corrected chi connectivity index (χ0v) is 22.5. The Bertz CT molecular complexity index is 1250. The maximum atomic E-state index is 15.3. The monoisotopic (exact) mass is 525 g/mol. The fourth-order valence-corrected chi connectivity index (χ4v) is 6.70. The molecule has 0 bridgehead atoms. The summed E-state index contributed by atoms with van der Waals surface area (Å²) in [6, 6.07) is 3.40. The Morgan fingerprint density at radius 3 is 2.65 bits per heavy atom. The van der Waals surface area contributed by atoms with Gasteiger partial charge in [0.15, 0.2) is 11.6 Å². The average Bonchev–Trinajstić information content (AvgIpc) is 3.57. The van der Waals surface area contributed by atoms with Crippen molar-refractivity contribution < 1.29 is 9.18 Å². The van der Waals surface area contributed by atoms with Gasteiger partial charge < -0.3 is 15.1 Å². The molecule has 0 radical (unpaired) electrons. The number of hydrogen-bond acceptors (Lipinski definition) is 8.